The molecular weight excluding hydrogens is 423 g/mol. The lowest BCUT2D eigenvalue weighted by molar-refractivity contribution is -0.117. The zero-order valence-corrected chi connectivity index (χ0v) is 18.7. The van der Waals surface area contributed by atoms with Crippen molar-refractivity contribution in [2.24, 2.45) is 0 Å². The molecule has 30 heavy (non-hydrogen) atoms. The Bertz CT molecular complexity index is 856. The number of halogens is 1. The van der Waals surface area contributed by atoms with Crippen molar-refractivity contribution in [2.45, 2.75) is 68.4 Å². The molecule has 0 radical (unpaired) electrons. The minimum absolute atomic E-state index is 0.0705. The molecule has 1 saturated heterocycles. The van der Waals surface area contributed by atoms with Gasteiger partial charge in [0.1, 0.15) is 6.17 Å². The van der Waals surface area contributed by atoms with Gasteiger partial charge in [0.15, 0.2) is 10.0 Å². The number of hydrogen-bond donors (Lipinski definition) is 1. The summed E-state index contributed by atoms with van der Waals surface area (Å²) in [4.78, 5) is 29.3. The third-order valence-corrected chi connectivity index (χ3v) is 7.35. The molecule has 8 heteroatoms. The zero-order chi connectivity index (χ0) is 21.5. The fraction of sp³-hybridized carbons (Fsp3) is 0.500. The number of thiazole rings is 1. The number of carboxylic acid groups (broad SMARTS) is 1. The van der Waals surface area contributed by atoms with Gasteiger partial charge in [0.2, 0.25) is 5.91 Å². The van der Waals surface area contributed by atoms with Gasteiger partial charge in [-0.2, -0.15) is 0 Å². The number of amides is 1. The van der Waals surface area contributed by atoms with Gasteiger partial charge in [-0.15, -0.1) is 11.3 Å². The number of carbonyl (C=O) groups excluding carboxylic acids is 1. The van der Waals surface area contributed by atoms with Crippen LogP contribution in [0.1, 0.15) is 74.1 Å². The molecule has 0 aliphatic carbocycles. The number of anilines is 1. The average molecular weight is 451 g/mol. The summed E-state index contributed by atoms with van der Waals surface area (Å²) in [6, 6.07) is 7.40. The van der Waals surface area contributed by atoms with Crippen molar-refractivity contribution in [3.05, 3.63) is 40.9 Å². The molecule has 1 N–H and O–H groups in total. The molecule has 1 aliphatic rings. The number of rotatable bonds is 11. The summed E-state index contributed by atoms with van der Waals surface area (Å²) in [7, 11) is 0. The minimum Gasteiger partial charge on any atom is -0.476 e. The quantitative estimate of drug-likeness (QED) is 0.330. The van der Waals surface area contributed by atoms with Crippen LogP contribution in [0.25, 0.3) is 0 Å². The Hall–Kier alpha value is -1.93. The molecule has 1 unspecified atom stereocenters. The molecule has 162 valence electrons. The maximum atomic E-state index is 14.4. The number of alkyl halides is 1. The average Bonchev–Trinajstić information content (AvgIpc) is 3.35. The van der Waals surface area contributed by atoms with Crippen molar-refractivity contribution in [1.29, 1.82) is 0 Å². The van der Waals surface area contributed by atoms with Gasteiger partial charge >= 0.3 is 5.97 Å². The van der Waals surface area contributed by atoms with Crippen molar-refractivity contribution in [2.75, 3.05) is 10.7 Å². The Morgan fingerprint density at radius 1 is 1.37 bits per heavy atom. The van der Waals surface area contributed by atoms with E-state index in [4.69, 9.17) is 5.11 Å². The van der Waals surface area contributed by atoms with Gasteiger partial charge < -0.3 is 10.0 Å². The summed E-state index contributed by atoms with van der Waals surface area (Å²) in [6.45, 7) is 2.11. The Morgan fingerprint density at radius 3 is 2.80 bits per heavy atom. The maximum absolute atomic E-state index is 14.4. The normalized spacial score (nSPS) is 17.5. The highest BCUT2D eigenvalue weighted by Gasteiger charge is 2.32. The van der Waals surface area contributed by atoms with E-state index in [1.807, 2.05) is 17.0 Å². The molecule has 1 aromatic heterocycles. The largest absolute Gasteiger partial charge is 0.476 e. The van der Waals surface area contributed by atoms with Crippen molar-refractivity contribution in [3.8, 4) is 0 Å². The highest BCUT2D eigenvalue weighted by molar-refractivity contribution is 8.01. The summed E-state index contributed by atoms with van der Waals surface area (Å²) < 4.78 is 15.1. The maximum Gasteiger partial charge on any atom is 0.355 e. The van der Waals surface area contributed by atoms with Gasteiger partial charge in [-0.25, -0.2) is 14.2 Å². The van der Waals surface area contributed by atoms with Crippen LogP contribution in [0.15, 0.2) is 34.0 Å². The van der Waals surface area contributed by atoms with Crippen LogP contribution < -0.4 is 4.90 Å². The van der Waals surface area contributed by atoms with Crippen LogP contribution in [0.4, 0.5) is 10.1 Å². The monoisotopic (exact) mass is 450 g/mol. The van der Waals surface area contributed by atoms with Gasteiger partial charge in [0.25, 0.3) is 0 Å². The van der Waals surface area contributed by atoms with Crippen LogP contribution in [-0.2, 0) is 4.79 Å². The third-order valence-electron chi connectivity index (χ3n) is 5.30. The van der Waals surface area contributed by atoms with Crippen LogP contribution in [0.2, 0.25) is 0 Å². The number of unbranched alkanes of at least 4 members (excludes halogenated alkanes) is 2. The van der Waals surface area contributed by atoms with Gasteiger partial charge in [0, 0.05) is 29.3 Å². The number of aromatic nitrogens is 1. The summed E-state index contributed by atoms with van der Waals surface area (Å²) >= 11 is 2.84. The minimum atomic E-state index is -1.02. The smallest absolute Gasteiger partial charge is 0.355 e. The lowest BCUT2D eigenvalue weighted by atomic mass is 10.0. The van der Waals surface area contributed by atoms with Crippen LogP contribution in [-0.4, -0.2) is 33.8 Å². The molecule has 0 spiro atoms. The van der Waals surface area contributed by atoms with E-state index < -0.39 is 12.1 Å². The van der Waals surface area contributed by atoms with Gasteiger partial charge in [-0.1, -0.05) is 50.1 Å². The lowest BCUT2D eigenvalue weighted by Crippen LogP contribution is -2.33. The molecular formula is C22H27FN2O3S2. The van der Waals surface area contributed by atoms with Crippen molar-refractivity contribution >= 4 is 40.7 Å². The number of carboxylic acids is 1. The molecule has 2 heterocycles. The number of benzene rings is 1. The Balaban J connectivity index is 1.56. The predicted molar refractivity (Wildman–Crippen MR) is 119 cm³/mol. The first-order valence-electron chi connectivity index (χ1n) is 10.4. The molecule has 1 aromatic carbocycles. The van der Waals surface area contributed by atoms with Gasteiger partial charge in [-0.3, -0.25) is 4.79 Å². The van der Waals surface area contributed by atoms with E-state index in [-0.39, 0.29) is 17.6 Å². The highest BCUT2D eigenvalue weighted by Crippen LogP contribution is 2.33. The van der Waals surface area contributed by atoms with Crippen molar-refractivity contribution in [1.82, 2.24) is 4.98 Å². The van der Waals surface area contributed by atoms with E-state index >= 15 is 0 Å². The topological polar surface area (TPSA) is 70.5 Å². The van der Waals surface area contributed by atoms with E-state index in [0.29, 0.717) is 18.4 Å². The van der Waals surface area contributed by atoms with Gasteiger partial charge in [-0.05, 0) is 37.0 Å². The first kappa shape index (κ1) is 22.7. The SMILES string of the molecule is CCCCCC(F)c1ccc(N2C(=O)CC[C@@H]2CCSc2nc(C(=O)O)cs2)cc1. The molecule has 2 atom stereocenters. The fourth-order valence-corrected chi connectivity index (χ4v) is 5.57. The van der Waals surface area contributed by atoms with Crippen molar-refractivity contribution in [3.63, 3.8) is 0 Å². The fourth-order valence-electron chi connectivity index (χ4n) is 3.66. The molecule has 1 aliphatic heterocycles. The molecule has 3 rings (SSSR count). The second-order valence-corrected chi connectivity index (χ2v) is 9.65. The van der Waals surface area contributed by atoms with Gasteiger partial charge in [0.05, 0.1) is 0 Å². The second-order valence-electron chi connectivity index (χ2n) is 7.45. The third kappa shape index (κ3) is 5.82. The molecule has 2 aromatic rings. The molecule has 1 fully saturated rings. The number of hydrogen-bond acceptors (Lipinski definition) is 5. The Kier molecular flexibility index (Phi) is 8.27. The van der Waals surface area contributed by atoms with E-state index in [1.54, 1.807) is 12.1 Å². The summed E-state index contributed by atoms with van der Waals surface area (Å²) in [5, 5.41) is 10.5. The summed E-state index contributed by atoms with van der Waals surface area (Å²) in [5.41, 5.74) is 1.56. The molecule has 0 saturated carbocycles. The van der Waals surface area contributed by atoms with Crippen LogP contribution in [0.5, 0.6) is 0 Å². The first-order chi connectivity index (χ1) is 14.5. The number of nitrogens with zero attached hydrogens (tertiary/aromatic N) is 2. The Labute approximate surface area is 184 Å². The number of thioether (sulfide) groups is 1. The summed E-state index contributed by atoms with van der Waals surface area (Å²) in [5.74, 6) is -0.168. The number of carbonyl (C=O) groups is 2. The lowest BCUT2D eigenvalue weighted by Gasteiger charge is -2.25. The van der Waals surface area contributed by atoms with Crippen LogP contribution in [0, 0.1) is 0 Å². The summed E-state index contributed by atoms with van der Waals surface area (Å²) in [6.07, 6.45) is 4.68. The number of aromatic carboxylic acids is 1. The highest BCUT2D eigenvalue weighted by atomic mass is 32.2. The molecule has 1 amide bonds. The predicted octanol–water partition coefficient (Wildman–Crippen LogP) is 6.11. The van der Waals surface area contributed by atoms with E-state index in [0.717, 1.165) is 47.9 Å². The van der Waals surface area contributed by atoms with Crippen LogP contribution in [0.3, 0.4) is 0 Å². The Morgan fingerprint density at radius 2 is 2.13 bits per heavy atom. The van der Waals surface area contributed by atoms with E-state index in [1.165, 1.54) is 28.5 Å². The standard InChI is InChI=1S/C22H27FN2O3S2/c1-2-3-4-5-18(23)15-6-8-16(9-7-15)25-17(10-11-20(25)26)12-13-29-22-24-19(14-30-22)21(27)28/h6-9,14,17-18H,2-5,10-13H2,1H3,(H,27,28)/t17-,18?/m1/s1. The van der Waals surface area contributed by atoms with E-state index in [2.05, 4.69) is 11.9 Å². The van der Waals surface area contributed by atoms with E-state index in [9.17, 15) is 14.0 Å². The molecule has 0 bridgehead atoms. The zero-order valence-electron chi connectivity index (χ0n) is 17.1. The molecule has 5 nitrogen and oxygen atoms in total. The van der Waals surface area contributed by atoms with Crippen molar-refractivity contribution < 1.29 is 19.1 Å². The first-order valence-corrected chi connectivity index (χ1v) is 12.2. The van der Waals surface area contributed by atoms with Crippen LogP contribution >= 0.6 is 23.1 Å². The second kappa shape index (κ2) is 10.9.